The summed E-state index contributed by atoms with van der Waals surface area (Å²) in [6, 6.07) is 0. The van der Waals surface area contributed by atoms with E-state index < -0.39 is 21.0 Å². The molecule has 4 aliphatic rings. The molecular formula is C34H56IN10O6S-. The standard InChI is InChI=1S/2C17H27N5O3.H2IS/c2*1-18-16(23)4-3-9-22-15-8-6-12-11(5-7-14(15)20-21-22)13(12)10-25-17(24)19-2;1-2/h2*11-13H,3-10H2,1-2H3,(H,18,23)(H,19,24);1-2H/q;;-1/t2*11-,12+,13-;/m10./s1/i;;1D. The molecule has 2 aromatic rings. The Kier molecular flexibility index (Phi) is 16.1. The molecule has 2 aromatic heterocycles. The van der Waals surface area contributed by atoms with Crippen LogP contribution in [0.3, 0.4) is 0 Å². The van der Waals surface area contributed by atoms with Gasteiger partial charge in [-0.05, 0) is 99.7 Å². The molecule has 0 bridgehead atoms. The van der Waals surface area contributed by atoms with E-state index >= 15 is 0 Å². The summed E-state index contributed by atoms with van der Waals surface area (Å²) < 4.78 is 20.6. The van der Waals surface area contributed by atoms with Crippen LogP contribution >= 0.6 is 9.80 Å². The zero-order valence-corrected chi connectivity index (χ0v) is 33.8. The minimum atomic E-state index is -0.466. The number of nitrogens with zero attached hydrogens (tertiary/aromatic N) is 6. The molecule has 4 amide bonds. The second kappa shape index (κ2) is 20.9. The van der Waals surface area contributed by atoms with Crippen molar-refractivity contribution in [1.82, 2.24) is 51.3 Å². The number of carbonyl (C=O) groups is 4. The fourth-order valence-corrected chi connectivity index (χ4v) is 8.02. The normalized spacial score (nSPS) is 23.8. The van der Waals surface area contributed by atoms with Gasteiger partial charge in [0.1, 0.15) is 0 Å². The van der Waals surface area contributed by atoms with E-state index in [1.54, 1.807) is 28.2 Å². The van der Waals surface area contributed by atoms with Crippen molar-refractivity contribution in [1.29, 1.82) is 0.594 Å². The molecule has 0 radical (unpaired) electrons. The van der Waals surface area contributed by atoms with Crippen molar-refractivity contribution >= 4 is 33.8 Å². The Bertz CT molecular complexity index is 1410. The third-order valence-electron chi connectivity index (χ3n) is 11.0. The molecule has 6 rings (SSSR count). The van der Waals surface area contributed by atoms with E-state index in [2.05, 4.69) is 51.7 Å². The van der Waals surface area contributed by atoms with Crippen molar-refractivity contribution in [2.75, 3.05) is 41.4 Å². The van der Waals surface area contributed by atoms with E-state index in [1.807, 2.05) is 9.36 Å². The van der Waals surface area contributed by atoms with Gasteiger partial charge in [-0.2, -0.15) is 0 Å². The van der Waals surface area contributed by atoms with Crippen LogP contribution < -0.4 is 42.3 Å². The molecule has 2 saturated carbocycles. The van der Waals surface area contributed by atoms with Crippen molar-refractivity contribution in [3.63, 3.8) is 0 Å². The first-order chi connectivity index (χ1) is 25.7. The molecule has 0 aromatic carbocycles. The van der Waals surface area contributed by atoms with Gasteiger partial charge in [-0.25, -0.2) is 19.0 Å². The van der Waals surface area contributed by atoms with Crippen LogP contribution in [-0.4, -0.2) is 96.0 Å². The quantitative estimate of drug-likeness (QED) is 0.130. The van der Waals surface area contributed by atoms with Gasteiger partial charge in [0.25, 0.3) is 0 Å². The number of hydrogen-bond donors (Lipinski definition) is 5. The first-order valence-corrected chi connectivity index (χ1v) is 21.6. The Morgan fingerprint density at radius 1 is 0.692 bits per heavy atom. The van der Waals surface area contributed by atoms with Crippen molar-refractivity contribution < 1.29 is 49.7 Å². The molecular weight excluding hydrogens is 803 g/mol. The number of amides is 4. The van der Waals surface area contributed by atoms with Gasteiger partial charge in [0.05, 0.1) is 36.0 Å². The summed E-state index contributed by atoms with van der Waals surface area (Å²) in [5, 5.41) is 27.6. The summed E-state index contributed by atoms with van der Waals surface area (Å²) in [5.74, 6) is 3.61. The number of rotatable bonds is 12. The first-order valence-electron chi connectivity index (χ1n) is 18.7. The molecule has 0 unspecified atom stereocenters. The predicted octanol–water partition coefficient (Wildman–Crippen LogP) is -1.08. The molecule has 0 saturated heterocycles. The van der Waals surface area contributed by atoms with Gasteiger partial charge in [-0.15, -0.1) is 10.2 Å². The number of ether oxygens (including phenoxy) is 2. The van der Waals surface area contributed by atoms with E-state index in [-0.39, 0.29) is 24.0 Å². The SMILES string of the molecule is CNC(=O)CCCn1nnc2c1CC[C@@H]1[C@H](CC2)[C@@H]1COC(=O)NC.CNC(=O)CCCn1nnc2c1CC[C@H]1[C@@H](CC2)[C@H]1COC(=O)NC.[2H][I-]S. The molecule has 18 heteroatoms. The number of hydrogen-bond acceptors (Lipinski definition) is 11. The van der Waals surface area contributed by atoms with E-state index in [0.29, 0.717) is 61.6 Å². The predicted molar refractivity (Wildman–Crippen MR) is 192 cm³/mol. The summed E-state index contributed by atoms with van der Waals surface area (Å²) in [5.41, 5.74) is 4.62. The van der Waals surface area contributed by atoms with Gasteiger partial charge in [-0.1, -0.05) is 10.4 Å². The van der Waals surface area contributed by atoms with Crippen molar-refractivity contribution in [3.8, 4) is 0 Å². The van der Waals surface area contributed by atoms with Gasteiger partial charge in [0.15, 0.2) is 0 Å². The molecule has 292 valence electrons. The summed E-state index contributed by atoms with van der Waals surface area (Å²) in [7, 11) is 10.0. The maximum absolute atomic E-state index is 11.3. The number of nitrogens with one attached hydrogen (secondary N) is 4. The van der Waals surface area contributed by atoms with Gasteiger partial charge in [-0.3, -0.25) is 9.59 Å². The van der Waals surface area contributed by atoms with Crippen molar-refractivity contribution in [3.05, 3.63) is 22.8 Å². The number of fused-ring (bicyclic) bond motifs is 4. The second-order valence-corrected chi connectivity index (χ2v) is 13.8. The van der Waals surface area contributed by atoms with Crippen molar-refractivity contribution in [2.24, 2.45) is 35.5 Å². The number of aromatic nitrogens is 6. The molecule has 6 atom stereocenters. The third kappa shape index (κ3) is 11.4. The molecule has 0 spiro atoms. The summed E-state index contributed by atoms with van der Waals surface area (Å²) >= 11 is -0.466. The average Bonchev–Trinajstić information content (AvgIpc) is 3.89. The number of aryl methyl sites for hydroxylation is 4. The third-order valence-corrected chi connectivity index (χ3v) is 11.0. The molecule has 4 aliphatic carbocycles. The molecule has 16 nitrogen and oxygen atoms in total. The average molecular weight is 861 g/mol. The van der Waals surface area contributed by atoms with Crippen LogP contribution in [0, 0.1) is 35.5 Å². The minimum absolute atomic E-state index is 0.0581. The summed E-state index contributed by atoms with van der Waals surface area (Å²) in [6.45, 7) is 2.48. The van der Waals surface area contributed by atoms with E-state index in [4.69, 9.17) is 10.1 Å². The van der Waals surface area contributed by atoms with Gasteiger partial charge < -0.3 is 30.7 Å². The van der Waals surface area contributed by atoms with Crippen LogP contribution in [-0.2, 0) is 57.8 Å². The fourth-order valence-electron chi connectivity index (χ4n) is 8.02. The number of halogens is 1. The Hall–Kier alpha value is -3.16. The molecule has 2 heterocycles. The Morgan fingerprint density at radius 3 is 1.40 bits per heavy atom. The van der Waals surface area contributed by atoms with E-state index in [1.165, 1.54) is 11.4 Å². The fraction of sp³-hybridized carbons (Fsp3) is 0.765. The first kappa shape index (κ1) is 40.0. The number of thiol groups is 1. The zero-order chi connectivity index (χ0) is 38.3. The van der Waals surface area contributed by atoms with Crippen LogP contribution in [0.4, 0.5) is 9.59 Å². The Morgan fingerprint density at radius 2 is 1.06 bits per heavy atom. The molecule has 4 N–H and O–H groups in total. The van der Waals surface area contributed by atoms with Crippen molar-refractivity contribution in [2.45, 2.75) is 90.1 Å². The maximum atomic E-state index is 11.3. The van der Waals surface area contributed by atoms with E-state index in [9.17, 15) is 19.2 Å². The van der Waals surface area contributed by atoms with Gasteiger partial charge in [0, 0.05) is 54.1 Å². The van der Waals surface area contributed by atoms with Crippen LogP contribution in [0.25, 0.3) is 0 Å². The van der Waals surface area contributed by atoms with Crippen LogP contribution in [0.5, 0.6) is 0 Å². The summed E-state index contributed by atoms with van der Waals surface area (Å²) in [6.07, 6.45) is 9.96. The molecule has 52 heavy (non-hydrogen) atoms. The van der Waals surface area contributed by atoms with Gasteiger partial charge >= 0.3 is 43.6 Å². The van der Waals surface area contributed by atoms with E-state index in [0.717, 1.165) is 88.7 Å². The zero-order valence-electron chi connectivity index (χ0n) is 31.7. The Labute approximate surface area is 323 Å². The van der Waals surface area contributed by atoms with Crippen LogP contribution in [0.15, 0.2) is 0 Å². The second-order valence-electron chi connectivity index (χ2n) is 13.8. The monoisotopic (exact) mass is 860 g/mol. The Balaban J connectivity index is 0.000000220. The molecule has 2 fully saturated rings. The number of alkyl carbamates (subject to hydrolysis) is 2. The topological polar surface area (TPSA) is 196 Å². The van der Waals surface area contributed by atoms with Crippen LogP contribution in [0.2, 0.25) is 0 Å². The summed E-state index contributed by atoms with van der Waals surface area (Å²) in [4.78, 5) is 45.2. The number of carbonyl (C=O) groups excluding carboxylic acids is 4. The van der Waals surface area contributed by atoms with Crippen LogP contribution in [0.1, 0.15) is 74.1 Å². The van der Waals surface area contributed by atoms with Gasteiger partial charge in [0.2, 0.25) is 11.8 Å². The molecule has 0 aliphatic heterocycles.